The summed E-state index contributed by atoms with van der Waals surface area (Å²) >= 11 is 0. The molecular weight excluding hydrogens is 573 g/mol. The van der Waals surface area contributed by atoms with Crippen molar-refractivity contribution in [2.45, 2.75) is 24.0 Å². The van der Waals surface area contributed by atoms with Gasteiger partial charge in [-0.2, -0.15) is 0 Å². The van der Waals surface area contributed by atoms with E-state index in [4.69, 9.17) is 18.7 Å². The third-order valence-electron chi connectivity index (χ3n) is 6.11. The van der Waals surface area contributed by atoms with Gasteiger partial charge in [-0.15, -0.1) is 0 Å². The molecule has 3 heterocycles. The van der Waals surface area contributed by atoms with Crippen LogP contribution in [0.25, 0.3) is 0 Å². The molecule has 41 heavy (non-hydrogen) atoms. The zero-order valence-corrected chi connectivity index (χ0v) is 22.2. The second kappa shape index (κ2) is 11.3. The Labute approximate surface area is 229 Å². The summed E-state index contributed by atoms with van der Waals surface area (Å²) in [6, 6.07) is 2.51. The summed E-state index contributed by atoms with van der Waals surface area (Å²) in [7, 11) is -2.64. The van der Waals surface area contributed by atoms with Gasteiger partial charge in [0, 0.05) is 26.0 Å². The third-order valence-corrected chi connectivity index (χ3v) is 6.73. The SMILES string of the molecule is COC[C@@]12COC([C@H](n3cc(C#CCNC(=O)c4ccc([N+](=O)[O-])cc4[N+](=O)[O-])c(=O)[nH]c3=O)O1)[C@H]2OP(C)(=O)O. The van der Waals surface area contributed by atoms with E-state index < -0.39 is 82.1 Å². The van der Waals surface area contributed by atoms with Gasteiger partial charge in [0.1, 0.15) is 28.9 Å². The summed E-state index contributed by atoms with van der Waals surface area (Å²) in [5, 5.41) is 24.4. The molecule has 3 N–H and O–H groups in total. The van der Waals surface area contributed by atoms with Gasteiger partial charge in [-0.05, 0) is 6.07 Å². The van der Waals surface area contributed by atoms with Crippen LogP contribution in [0.4, 0.5) is 11.4 Å². The molecule has 2 fully saturated rings. The fraction of sp³-hybridized carbons (Fsp3) is 0.409. The number of nitrogens with zero attached hydrogens (tertiary/aromatic N) is 3. The predicted molar refractivity (Wildman–Crippen MR) is 135 cm³/mol. The van der Waals surface area contributed by atoms with Crippen LogP contribution in [-0.4, -0.2) is 81.5 Å². The maximum atomic E-state index is 12.6. The van der Waals surface area contributed by atoms with Crippen LogP contribution in [0.2, 0.25) is 0 Å². The molecule has 1 aromatic carbocycles. The number of hydrogen-bond acceptors (Lipinski definition) is 12. The Morgan fingerprint density at radius 2 is 2.07 bits per heavy atom. The fourth-order valence-corrected chi connectivity index (χ4v) is 5.16. The van der Waals surface area contributed by atoms with Crippen LogP contribution in [0, 0.1) is 32.1 Å². The number of amides is 1. The number of nitro benzene ring substituents is 2. The van der Waals surface area contributed by atoms with E-state index in [2.05, 4.69) is 22.1 Å². The Bertz CT molecular complexity index is 1640. The average molecular weight is 595 g/mol. The smallest absolute Gasteiger partial charge is 0.330 e. The molecule has 0 radical (unpaired) electrons. The number of ether oxygens (including phenoxy) is 3. The Morgan fingerprint density at radius 3 is 2.71 bits per heavy atom. The van der Waals surface area contributed by atoms with Gasteiger partial charge in [0.15, 0.2) is 6.23 Å². The lowest BCUT2D eigenvalue weighted by Crippen LogP contribution is -2.46. The van der Waals surface area contributed by atoms with E-state index in [1.807, 2.05) is 0 Å². The van der Waals surface area contributed by atoms with E-state index in [1.165, 1.54) is 7.11 Å². The molecule has 0 saturated carbocycles. The quantitative estimate of drug-likeness (QED) is 0.145. The van der Waals surface area contributed by atoms with Gasteiger partial charge < -0.3 is 24.4 Å². The zero-order valence-electron chi connectivity index (χ0n) is 21.3. The molecule has 1 aromatic heterocycles. The Morgan fingerprint density at radius 1 is 1.34 bits per heavy atom. The summed E-state index contributed by atoms with van der Waals surface area (Å²) in [5.74, 6) is 4.01. The lowest BCUT2D eigenvalue weighted by molar-refractivity contribution is -0.394. The Hall–Kier alpha value is -4.24. The average Bonchev–Trinajstić information content (AvgIpc) is 3.36. The normalized spacial score (nSPS) is 24.2. The molecule has 4 rings (SSSR count). The predicted octanol–water partition coefficient (Wildman–Crippen LogP) is -0.352. The first kappa shape index (κ1) is 29.7. The summed E-state index contributed by atoms with van der Waals surface area (Å²) in [5.41, 5.74) is -5.10. The van der Waals surface area contributed by atoms with E-state index in [0.717, 1.165) is 29.6 Å². The van der Waals surface area contributed by atoms with E-state index >= 15 is 0 Å². The summed E-state index contributed by atoms with van der Waals surface area (Å²) in [6.45, 7) is 0.442. The lowest BCUT2D eigenvalue weighted by Gasteiger charge is -2.31. The maximum Gasteiger partial charge on any atom is 0.330 e. The van der Waals surface area contributed by atoms with Gasteiger partial charge in [-0.3, -0.25) is 48.5 Å². The first-order chi connectivity index (χ1) is 19.3. The Balaban J connectivity index is 1.54. The van der Waals surface area contributed by atoms with Crippen molar-refractivity contribution < 1.29 is 42.8 Å². The standard InChI is InChI=1S/C22H22N5O13P/c1-37-10-22-11-38-16(17(22)40-41(2,35)36)20(39-22)25-9-12(18(28)24-21(25)30)4-3-7-23-19(29)14-6-5-13(26(31)32)8-15(14)27(33)34/h5-6,8-9,16-17,20H,7,10-11H2,1-2H3,(H,23,29)(H,35,36)(H,24,28,30)/t16?,17-,20-,22+/m1/s1. The van der Waals surface area contributed by atoms with Crippen molar-refractivity contribution in [3.05, 3.63) is 76.6 Å². The van der Waals surface area contributed by atoms with Gasteiger partial charge in [0.05, 0.1) is 35.7 Å². The van der Waals surface area contributed by atoms with Crippen molar-refractivity contribution >= 4 is 24.9 Å². The van der Waals surface area contributed by atoms with Gasteiger partial charge in [0.25, 0.3) is 22.8 Å². The van der Waals surface area contributed by atoms with Crippen LogP contribution in [0.1, 0.15) is 22.1 Å². The van der Waals surface area contributed by atoms with Gasteiger partial charge in [-0.1, -0.05) is 11.8 Å². The Kier molecular flexibility index (Phi) is 8.22. The number of non-ortho nitro benzene ring substituents is 1. The summed E-state index contributed by atoms with van der Waals surface area (Å²) in [4.78, 5) is 69.7. The highest BCUT2D eigenvalue weighted by Gasteiger charge is 2.64. The highest BCUT2D eigenvalue weighted by Crippen LogP contribution is 2.52. The summed E-state index contributed by atoms with van der Waals surface area (Å²) < 4.78 is 35.1. The highest BCUT2D eigenvalue weighted by molar-refractivity contribution is 7.51. The highest BCUT2D eigenvalue weighted by atomic mass is 31.2. The van der Waals surface area contributed by atoms with Gasteiger partial charge in [-0.25, -0.2) is 4.79 Å². The fourth-order valence-electron chi connectivity index (χ4n) is 4.43. The third kappa shape index (κ3) is 6.10. The number of aromatic nitrogens is 2. The van der Waals surface area contributed by atoms with Crippen LogP contribution in [0.3, 0.4) is 0 Å². The van der Waals surface area contributed by atoms with Crippen molar-refractivity contribution in [1.29, 1.82) is 0 Å². The zero-order chi connectivity index (χ0) is 30.1. The number of carbonyl (C=O) groups is 1. The number of methoxy groups -OCH3 is 1. The van der Waals surface area contributed by atoms with Crippen LogP contribution < -0.4 is 16.6 Å². The first-order valence-electron chi connectivity index (χ1n) is 11.6. The molecule has 2 aromatic rings. The van der Waals surface area contributed by atoms with Crippen molar-refractivity contribution in [2.24, 2.45) is 0 Å². The molecule has 5 atom stereocenters. The van der Waals surface area contributed by atoms with Crippen LogP contribution in [0.15, 0.2) is 34.0 Å². The molecule has 1 amide bonds. The molecule has 218 valence electrons. The van der Waals surface area contributed by atoms with Gasteiger partial charge in [0.2, 0.25) is 0 Å². The van der Waals surface area contributed by atoms with Crippen LogP contribution in [-0.2, 0) is 23.3 Å². The molecular formula is C22H22N5O13P. The molecule has 2 bridgehead atoms. The van der Waals surface area contributed by atoms with Crippen LogP contribution in [0.5, 0.6) is 0 Å². The van der Waals surface area contributed by atoms with Crippen molar-refractivity contribution in [3.63, 3.8) is 0 Å². The van der Waals surface area contributed by atoms with E-state index in [9.17, 15) is 44.1 Å². The van der Waals surface area contributed by atoms with E-state index in [-0.39, 0.29) is 18.8 Å². The number of aromatic amines is 1. The molecule has 0 aliphatic carbocycles. The molecule has 19 heteroatoms. The van der Waals surface area contributed by atoms with Crippen LogP contribution >= 0.6 is 7.60 Å². The minimum Gasteiger partial charge on any atom is -0.381 e. The second-order valence-electron chi connectivity index (χ2n) is 9.02. The molecule has 2 aliphatic rings. The number of H-pyrrole nitrogens is 1. The summed E-state index contributed by atoms with van der Waals surface area (Å²) in [6.07, 6.45) is -2.22. The largest absolute Gasteiger partial charge is 0.381 e. The number of nitro groups is 2. The number of fused-ring (bicyclic) bond motifs is 2. The number of nitrogens with one attached hydrogen (secondary N) is 2. The monoisotopic (exact) mass is 595 g/mol. The van der Waals surface area contributed by atoms with Crippen molar-refractivity contribution in [1.82, 2.24) is 14.9 Å². The number of benzene rings is 1. The van der Waals surface area contributed by atoms with Gasteiger partial charge >= 0.3 is 13.3 Å². The maximum absolute atomic E-state index is 12.6. The molecule has 0 spiro atoms. The topological polar surface area (TPSA) is 244 Å². The van der Waals surface area contributed by atoms with Crippen molar-refractivity contribution in [2.75, 3.05) is 33.5 Å². The first-order valence-corrected chi connectivity index (χ1v) is 13.6. The molecule has 2 aliphatic heterocycles. The lowest BCUT2D eigenvalue weighted by atomic mass is 10.0. The number of hydrogen-bond donors (Lipinski definition) is 3. The number of rotatable bonds is 9. The minimum absolute atomic E-state index is 0.0515. The second-order valence-corrected chi connectivity index (χ2v) is 10.8. The molecule has 2 saturated heterocycles. The van der Waals surface area contributed by atoms with E-state index in [0.29, 0.717) is 6.07 Å². The van der Waals surface area contributed by atoms with E-state index in [1.54, 1.807) is 0 Å². The molecule has 2 unspecified atom stereocenters. The number of carbonyl (C=O) groups excluding carboxylic acids is 1. The molecule has 18 nitrogen and oxygen atoms in total. The minimum atomic E-state index is -4.01. The van der Waals surface area contributed by atoms with Crippen molar-refractivity contribution in [3.8, 4) is 11.8 Å².